The maximum atomic E-state index is 13.4. The number of ether oxygens (including phenoxy) is 1. The van der Waals surface area contributed by atoms with E-state index in [-0.39, 0.29) is 24.5 Å². The van der Waals surface area contributed by atoms with E-state index >= 15 is 0 Å². The van der Waals surface area contributed by atoms with Gasteiger partial charge in [0.05, 0.1) is 19.2 Å². The summed E-state index contributed by atoms with van der Waals surface area (Å²) in [5.41, 5.74) is 1.18. The van der Waals surface area contributed by atoms with Crippen molar-refractivity contribution in [1.29, 1.82) is 0 Å². The number of hydrogen-bond donors (Lipinski definition) is 1. The molecule has 1 aromatic heterocycles. The molecule has 6 heteroatoms. The molecule has 6 nitrogen and oxygen atoms in total. The lowest BCUT2D eigenvalue weighted by atomic mass is 10.1. The van der Waals surface area contributed by atoms with Crippen LogP contribution in [-0.2, 0) is 27.3 Å². The van der Waals surface area contributed by atoms with E-state index in [1.807, 2.05) is 49.1 Å². The molecule has 170 valence electrons. The number of aryl methyl sites for hydroxylation is 1. The Labute approximate surface area is 186 Å². The fourth-order valence-electron chi connectivity index (χ4n) is 3.68. The Morgan fingerprint density at radius 3 is 2.39 bits per heavy atom. The van der Waals surface area contributed by atoms with Crippen LogP contribution < -0.4 is 4.90 Å². The van der Waals surface area contributed by atoms with Gasteiger partial charge in [0.25, 0.3) is 5.91 Å². The number of nitrogens with one attached hydrogen (secondary N) is 1. The van der Waals surface area contributed by atoms with Crippen molar-refractivity contribution in [1.82, 2.24) is 4.90 Å². The van der Waals surface area contributed by atoms with Gasteiger partial charge in [0.1, 0.15) is 11.5 Å². The first-order valence-corrected chi connectivity index (χ1v) is 11.2. The second-order valence-corrected chi connectivity index (χ2v) is 8.10. The second kappa shape index (κ2) is 12.3. The van der Waals surface area contributed by atoms with Gasteiger partial charge in [0.2, 0.25) is 0 Å². The van der Waals surface area contributed by atoms with Crippen molar-refractivity contribution >= 4 is 11.9 Å². The largest absolute Gasteiger partial charge is 0.464 e. The number of hydrogen-bond acceptors (Lipinski definition) is 4. The highest BCUT2D eigenvalue weighted by atomic mass is 16.5. The summed E-state index contributed by atoms with van der Waals surface area (Å²) >= 11 is 0. The average Bonchev–Trinajstić information content (AvgIpc) is 3.19. The van der Waals surface area contributed by atoms with Crippen molar-refractivity contribution in [2.24, 2.45) is 0 Å². The van der Waals surface area contributed by atoms with Crippen LogP contribution in [0.15, 0.2) is 46.9 Å². The molecule has 1 unspecified atom stereocenters. The van der Waals surface area contributed by atoms with Gasteiger partial charge in [-0.25, -0.2) is 4.79 Å². The summed E-state index contributed by atoms with van der Waals surface area (Å²) in [4.78, 5) is 28.6. The van der Waals surface area contributed by atoms with E-state index in [4.69, 9.17) is 9.15 Å². The number of furan rings is 1. The highest BCUT2D eigenvalue weighted by Gasteiger charge is 2.33. The first-order chi connectivity index (χ1) is 14.8. The quantitative estimate of drug-likeness (QED) is 0.527. The van der Waals surface area contributed by atoms with Crippen LogP contribution in [0.25, 0.3) is 0 Å². The van der Waals surface area contributed by atoms with Crippen LogP contribution >= 0.6 is 0 Å². The van der Waals surface area contributed by atoms with Gasteiger partial charge in [0, 0.05) is 6.54 Å². The smallest absolute Gasteiger partial charge is 0.364 e. The number of nitrogens with zero attached hydrogens (tertiary/aromatic N) is 1. The van der Waals surface area contributed by atoms with Crippen LogP contribution in [0.1, 0.15) is 51.2 Å². The zero-order valence-corrected chi connectivity index (χ0v) is 19.5. The molecular formula is C25H37N2O4+. The molecule has 2 rings (SSSR count). The molecule has 0 aliphatic rings. The SMILES string of the molecule is CCOC(=O)[C@H](C)[NH+](CC(=O)N(CCc1ccccc1)Cc1ccc(C)o1)[C@H](C)CC. The van der Waals surface area contributed by atoms with Crippen LogP contribution in [0, 0.1) is 6.92 Å². The Kier molecular flexibility index (Phi) is 9.79. The zero-order chi connectivity index (χ0) is 22.8. The lowest BCUT2D eigenvalue weighted by molar-refractivity contribution is -0.930. The summed E-state index contributed by atoms with van der Waals surface area (Å²) in [6.07, 6.45) is 1.63. The number of rotatable bonds is 12. The van der Waals surface area contributed by atoms with Gasteiger partial charge in [-0.1, -0.05) is 37.3 Å². The van der Waals surface area contributed by atoms with Gasteiger partial charge in [-0.3, -0.25) is 4.79 Å². The molecule has 31 heavy (non-hydrogen) atoms. The fraction of sp³-hybridized carbons (Fsp3) is 0.520. The Morgan fingerprint density at radius 2 is 1.81 bits per heavy atom. The third kappa shape index (κ3) is 7.55. The molecule has 2 aromatic rings. The van der Waals surface area contributed by atoms with Crippen molar-refractivity contribution in [2.75, 3.05) is 19.7 Å². The summed E-state index contributed by atoms with van der Waals surface area (Å²) < 4.78 is 11.0. The standard InChI is InChI=1S/C25H36N2O4/c1-6-19(3)27(21(5)25(29)30-7-2)18-24(28)26(17-23-14-13-20(4)31-23)16-15-22-11-9-8-10-12-22/h8-14,19,21H,6-7,15-18H2,1-5H3/p+1/t19-,21+/m1/s1. The van der Waals surface area contributed by atoms with Crippen LogP contribution in [0.2, 0.25) is 0 Å². The Balaban J connectivity index is 2.16. The van der Waals surface area contributed by atoms with Gasteiger partial charge in [-0.05, 0) is 58.2 Å². The van der Waals surface area contributed by atoms with Gasteiger partial charge in [0.15, 0.2) is 12.6 Å². The van der Waals surface area contributed by atoms with Gasteiger partial charge < -0.3 is 19.0 Å². The Morgan fingerprint density at radius 1 is 1.10 bits per heavy atom. The minimum atomic E-state index is -0.402. The monoisotopic (exact) mass is 429 g/mol. The normalized spacial score (nSPS) is 14.0. The minimum absolute atomic E-state index is 0.0106. The van der Waals surface area contributed by atoms with Gasteiger partial charge >= 0.3 is 5.97 Å². The topological polar surface area (TPSA) is 64.2 Å². The Bertz CT molecular complexity index is 818. The summed E-state index contributed by atoms with van der Waals surface area (Å²) in [6.45, 7) is 11.3. The maximum Gasteiger partial charge on any atom is 0.364 e. The highest BCUT2D eigenvalue weighted by Crippen LogP contribution is 2.11. The van der Waals surface area contributed by atoms with Crippen LogP contribution in [-0.4, -0.2) is 48.6 Å². The van der Waals surface area contributed by atoms with Crippen LogP contribution in [0.4, 0.5) is 0 Å². The van der Waals surface area contributed by atoms with E-state index < -0.39 is 6.04 Å². The van der Waals surface area contributed by atoms with Crippen molar-refractivity contribution in [3.05, 3.63) is 59.5 Å². The molecule has 0 saturated heterocycles. The zero-order valence-electron chi connectivity index (χ0n) is 19.5. The molecule has 1 heterocycles. The molecule has 3 atom stereocenters. The van der Waals surface area contributed by atoms with E-state index in [2.05, 4.69) is 26.0 Å². The predicted molar refractivity (Wildman–Crippen MR) is 121 cm³/mol. The maximum absolute atomic E-state index is 13.4. The van der Waals surface area contributed by atoms with Gasteiger partial charge in [-0.15, -0.1) is 0 Å². The molecule has 0 saturated carbocycles. The van der Waals surface area contributed by atoms with E-state index in [0.717, 1.165) is 29.3 Å². The molecule has 1 aromatic carbocycles. The number of carbonyl (C=O) groups is 2. The highest BCUT2D eigenvalue weighted by molar-refractivity contribution is 5.78. The van der Waals surface area contributed by atoms with Crippen molar-refractivity contribution in [2.45, 2.75) is 66.1 Å². The predicted octanol–water partition coefficient (Wildman–Crippen LogP) is 2.79. The molecule has 1 N–H and O–H groups in total. The van der Waals surface area contributed by atoms with E-state index in [1.54, 1.807) is 6.92 Å². The number of esters is 1. The molecule has 0 aliphatic carbocycles. The van der Waals surface area contributed by atoms with Crippen molar-refractivity contribution in [3.63, 3.8) is 0 Å². The molecule has 0 spiro atoms. The van der Waals surface area contributed by atoms with E-state index in [9.17, 15) is 9.59 Å². The van der Waals surface area contributed by atoms with Crippen molar-refractivity contribution in [3.8, 4) is 0 Å². The number of quaternary nitrogens is 1. The Hall–Kier alpha value is -2.60. The van der Waals surface area contributed by atoms with E-state index in [0.29, 0.717) is 19.7 Å². The molecular weight excluding hydrogens is 392 g/mol. The first-order valence-electron chi connectivity index (χ1n) is 11.2. The third-order valence-electron chi connectivity index (χ3n) is 5.81. The molecule has 0 aliphatic heterocycles. The number of amides is 1. The first kappa shape index (κ1) is 24.7. The van der Waals surface area contributed by atoms with E-state index in [1.165, 1.54) is 5.56 Å². The number of carbonyl (C=O) groups excluding carboxylic acids is 2. The second-order valence-electron chi connectivity index (χ2n) is 8.10. The van der Waals surface area contributed by atoms with Crippen molar-refractivity contribution < 1.29 is 23.6 Å². The lowest BCUT2D eigenvalue weighted by Crippen LogP contribution is -3.20. The summed E-state index contributed by atoms with van der Waals surface area (Å²) in [5, 5.41) is 0. The number of benzene rings is 1. The molecule has 1 amide bonds. The fourth-order valence-corrected chi connectivity index (χ4v) is 3.68. The average molecular weight is 430 g/mol. The summed E-state index contributed by atoms with van der Waals surface area (Å²) in [5.74, 6) is 1.34. The molecule has 0 fully saturated rings. The molecule has 0 bridgehead atoms. The summed E-state index contributed by atoms with van der Waals surface area (Å²) in [6, 6.07) is 13.7. The third-order valence-corrected chi connectivity index (χ3v) is 5.81. The van der Waals surface area contributed by atoms with Gasteiger partial charge in [-0.2, -0.15) is 0 Å². The summed E-state index contributed by atoms with van der Waals surface area (Å²) in [7, 11) is 0. The molecule has 0 radical (unpaired) electrons. The van der Waals surface area contributed by atoms with Crippen LogP contribution in [0.5, 0.6) is 0 Å². The lowest BCUT2D eigenvalue weighted by Gasteiger charge is -2.31. The minimum Gasteiger partial charge on any atom is -0.464 e. The van der Waals surface area contributed by atoms with Crippen LogP contribution in [0.3, 0.4) is 0 Å².